The van der Waals surface area contributed by atoms with Crippen molar-refractivity contribution in [1.82, 2.24) is 9.97 Å². The lowest BCUT2D eigenvalue weighted by Gasteiger charge is -2.14. The Morgan fingerprint density at radius 3 is 2.64 bits per heavy atom. The molecule has 2 aromatic carbocycles. The molecule has 1 heterocycles. The van der Waals surface area contributed by atoms with Gasteiger partial charge in [0.05, 0.1) is 12.3 Å². The van der Waals surface area contributed by atoms with Crippen molar-refractivity contribution in [2.45, 2.75) is 26.6 Å². The van der Waals surface area contributed by atoms with E-state index in [1.165, 1.54) is 24.7 Å². The van der Waals surface area contributed by atoms with Crippen molar-refractivity contribution in [3.63, 3.8) is 0 Å². The van der Waals surface area contributed by atoms with Gasteiger partial charge in [-0.05, 0) is 32.0 Å². The van der Waals surface area contributed by atoms with E-state index in [0.29, 0.717) is 28.4 Å². The second kappa shape index (κ2) is 8.94. The number of ether oxygens (including phenoxy) is 2. The van der Waals surface area contributed by atoms with Gasteiger partial charge in [0, 0.05) is 29.6 Å². The lowest BCUT2D eigenvalue weighted by atomic mass is 10.1. The average molecular weight is 381 g/mol. The van der Waals surface area contributed by atoms with Crippen molar-refractivity contribution in [2.75, 3.05) is 5.32 Å². The van der Waals surface area contributed by atoms with E-state index in [4.69, 9.17) is 9.47 Å². The average Bonchev–Trinajstić information content (AvgIpc) is 2.67. The third kappa shape index (κ3) is 5.26. The minimum atomic E-state index is -0.384. The highest BCUT2D eigenvalue weighted by atomic mass is 19.1. The van der Waals surface area contributed by atoms with Gasteiger partial charge in [-0.1, -0.05) is 18.2 Å². The molecule has 1 aromatic heterocycles. The first-order chi connectivity index (χ1) is 13.5. The fourth-order valence-electron chi connectivity index (χ4n) is 2.46. The minimum absolute atomic E-state index is 0.0308. The van der Waals surface area contributed by atoms with Gasteiger partial charge in [0.25, 0.3) is 5.91 Å². The molecule has 7 heteroatoms. The Morgan fingerprint density at radius 1 is 1.14 bits per heavy atom. The summed E-state index contributed by atoms with van der Waals surface area (Å²) in [6, 6.07) is 11.2. The Labute approximate surface area is 162 Å². The Morgan fingerprint density at radius 2 is 1.93 bits per heavy atom. The van der Waals surface area contributed by atoms with Crippen LogP contribution in [0.15, 0.2) is 61.1 Å². The number of hydrogen-bond donors (Lipinski definition) is 1. The zero-order valence-electron chi connectivity index (χ0n) is 15.6. The third-order valence-electron chi connectivity index (χ3n) is 3.67. The fraction of sp³-hybridized carbons (Fsp3) is 0.190. The summed E-state index contributed by atoms with van der Waals surface area (Å²) in [7, 11) is 0. The number of carbonyl (C=O) groups is 1. The number of rotatable bonds is 7. The quantitative estimate of drug-likeness (QED) is 0.663. The molecule has 1 amide bonds. The van der Waals surface area contributed by atoms with E-state index >= 15 is 0 Å². The highest BCUT2D eigenvalue weighted by molar-refractivity contribution is 6.04. The van der Waals surface area contributed by atoms with E-state index in [1.54, 1.807) is 36.4 Å². The van der Waals surface area contributed by atoms with Crippen molar-refractivity contribution in [3.8, 4) is 11.5 Å². The molecule has 1 N–H and O–H groups in total. The maximum absolute atomic E-state index is 13.8. The van der Waals surface area contributed by atoms with Crippen LogP contribution in [0, 0.1) is 5.82 Å². The van der Waals surface area contributed by atoms with E-state index in [0.717, 1.165) is 0 Å². The minimum Gasteiger partial charge on any atom is -0.491 e. The molecule has 0 saturated carbocycles. The van der Waals surface area contributed by atoms with Gasteiger partial charge in [-0.2, -0.15) is 0 Å². The molecular weight excluding hydrogens is 361 g/mol. The molecular formula is C21H20FN3O3. The number of anilines is 1. The lowest BCUT2D eigenvalue weighted by molar-refractivity contribution is 0.102. The lowest BCUT2D eigenvalue weighted by Crippen LogP contribution is -2.14. The summed E-state index contributed by atoms with van der Waals surface area (Å²) < 4.78 is 25.2. The van der Waals surface area contributed by atoms with Gasteiger partial charge in [-0.15, -0.1) is 0 Å². The summed E-state index contributed by atoms with van der Waals surface area (Å²) >= 11 is 0. The van der Waals surface area contributed by atoms with Crippen molar-refractivity contribution in [2.24, 2.45) is 0 Å². The summed E-state index contributed by atoms with van der Waals surface area (Å²) in [4.78, 5) is 20.5. The fourth-order valence-corrected chi connectivity index (χ4v) is 2.46. The molecule has 6 nitrogen and oxygen atoms in total. The molecule has 0 fully saturated rings. The third-order valence-corrected chi connectivity index (χ3v) is 3.67. The van der Waals surface area contributed by atoms with E-state index in [1.807, 2.05) is 13.8 Å². The number of nitrogens with one attached hydrogen (secondary N) is 1. The SMILES string of the molecule is CC(C)Oc1cc(OCc2ccccc2F)cc(C(=O)Nc2cnccn2)c1. The van der Waals surface area contributed by atoms with Crippen LogP contribution in [0.5, 0.6) is 11.5 Å². The normalized spacial score (nSPS) is 10.6. The van der Waals surface area contributed by atoms with Crippen molar-refractivity contribution in [1.29, 1.82) is 0 Å². The number of nitrogens with zero attached hydrogens (tertiary/aromatic N) is 2. The Kier molecular flexibility index (Phi) is 6.16. The maximum atomic E-state index is 13.8. The van der Waals surface area contributed by atoms with Crippen molar-refractivity contribution >= 4 is 11.7 Å². The summed E-state index contributed by atoms with van der Waals surface area (Å²) in [5.74, 6) is 0.468. The zero-order chi connectivity index (χ0) is 19.9. The van der Waals surface area contributed by atoms with Crippen LogP contribution in [0.2, 0.25) is 0 Å². The smallest absolute Gasteiger partial charge is 0.257 e. The molecule has 144 valence electrons. The van der Waals surface area contributed by atoms with E-state index < -0.39 is 0 Å². The van der Waals surface area contributed by atoms with E-state index in [2.05, 4.69) is 15.3 Å². The largest absolute Gasteiger partial charge is 0.491 e. The second-order valence-corrected chi connectivity index (χ2v) is 6.28. The number of benzene rings is 2. The number of amides is 1. The maximum Gasteiger partial charge on any atom is 0.257 e. The molecule has 0 aliphatic heterocycles. The molecule has 3 rings (SSSR count). The van der Waals surface area contributed by atoms with Crippen LogP contribution in [0.4, 0.5) is 10.2 Å². The zero-order valence-corrected chi connectivity index (χ0v) is 15.6. The Balaban J connectivity index is 1.82. The van der Waals surface area contributed by atoms with E-state index in [-0.39, 0.29) is 24.4 Å². The molecule has 0 spiro atoms. The van der Waals surface area contributed by atoms with Gasteiger partial charge in [-0.3, -0.25) is 9.78 Å². The first-order valence-corrected chi connectivity index (χ1v) is 8.76. The Bertz CT molecular complexity index is 949. The molecule has 0 unspecified atom stereocenters. The molecule has 0 radical (unpaired) electrons. The monoisotopic (exact) mass is 381 g/mol. The van der Waals surface area contributed by atoms with Gasteiger partial charge in [0.2, 0.25) is 0 Å². The van der Waals surface area contributed by atoms with Crippen molar-refractivity contribution in [3.05, 3.63) is 78.0 Å². The van der Waals surface area contributed by atoms with Crippen LogP contribution in [0.25, 0.3) is 0 Å². The molecule has 0 saturated heterocycles. The van der Waals surface area contributed by atoms with Crippen molar-refractivity contribution < 1.29 is 18.7 Å². The number of carbonyl (C=O) groups excluding carboxylic acids is 1. The summed E-state index contributed by atoms with van der Waals surface area (Å²) in [5.41, 5.74) is 0.746. The number of halogens is 1. The van der Waals surface area contributed by atoms with Gasteiger partial charge < -0.3 is 14.8 Å². The Hall–Kier alpha value is -3.48. The highest BCUT2D eigenvalue weighted by Gasteiger charge is 2.13. The molecule has 0 aliphatic rings. The second-order valence-electron chi connectivity index (χ2n) is 6.28. The predicted molar refractivity (Wildman–Crippen MR) is 103 cm³/mol. The first-order valence-electron chi connectivity index (χ1n) is 8.76. The van der Waals surface area contributed by atoms with Crippen LogP contribution in [-0.2, 0) is 6.61 Å². The van der Waals surface area contributed by atoms with Gasteiger partial charge in [0.15, 0.2) is 5.82 Å². The first kappa shape index (κ1) is 19.3. The standard InChI is InChI=1S/C21H20FN3O3/c1-14(2)28-18-10-16(21(26)25-20-12-23-7-8-24-20)9-17(11-18)27-13-15-5-3-4-6-19(15)22/h3-12,14H,13H2,1-2H3,(H,24,25,26). The van der Waals surface area contributed by atoms with Crippen LogP contribution in [0.1, 0.15) is 29.8 Å². The molecule has 0 atom stereocenters. The molecule has 0 aliphatic carbocycles. The van der Waals surface area contributed by atoms with Gasteiger partial charge in [0.1, 0.15) is 23.9 Å². The van der Waals surface area contributed by atoms with Crippen LogP contribution in [0.3, 0.4) is 0 Å². The van der Waals surface area contributed by atoms with Gasteiger partial charge in [-0.25, -0.2) is 9.37 Å². The molecule has 28 heavy (non-hydrogen) atoms. The summed E-state index contributed by atoms with van der Waals surface area (Å²) in [5, 5.41) is 2.67. The number of aromatic nitrogens is 2. The molecule has 0 bridgehead atoms. The summed E-state index contributed by atoms with van der Waals surface area (Å²) in [6.07, 6.45) is 4.36. The predicted octanol–water partition coefficient (Wildman–Crippen LogP) is 4.23. The van der Waals surface area contributed by atoms with Crippen LogP contribution in [-0.4, -0.2) is 22.0 Å². The van der Waals surface area contributed by atoms with Crippen LogP contribution >= 0.6 is 0 Å². The van der Waals surface area contributed by atoms with Crippen LogP contribution < -0.4 is 14.8 Å². The topological polar surface area (TPSA) is 73.3 Å². The van der Waals surface area contributed by atoms with E-state index in [9.17, 15) is 9.18 Å². The summed E-state index contributed by atoms with van der Waals surface area (Å²) in [6.45, 7) is 3.79. The molecule has 3 aromatic rings. The highest BCUT2D eigenvalue weighted by Crippen LogP contribution is 2.25. The van der Waals surface area contributed by atoms with Gasteiger partial charge >= 0.3 is 0 Å². The number of hydrogen-bond acceptors (Lipinski definition) is 5.